The van der Waals surface area contributed by atoms with Crippen molar-refractivity contribution in [3.05, 3.63) is 83.4 Å². The SMILES string of the molecule is COC(=O)c1ccc2c(c1)C1C=CCC1C(c1c(OC)ccc3ccccc13)N2. The number of carbonyl (C=O) groups is 1. The number of anilines is 1. The highest BCUT2D eigenvalue weighted by atomic mass is 16.5. The number of nitrogens with one attached hydrogen (secondary N) is 1. The Hall–Kier alpha value is -3.27. The normalized spacial score (nSPS) is 21.9. The molecule has 0 fully saturated rings. The highest BCUT2D eigenvalue weighted by molar-refractivity contribution is 5.91. The molecule has 0 bridgehead atoms. The number of ether oxygens (including phenoxy) is 2. The molecule has 0 amide bonds. The molecule has 4 nitrogen and oxygen atoms in total. The predicted octanol–water partition coefficient (Wildman–Crippen LogP) is 5.46. The summed E-state index contributed by atoms with van der Waals surface area (Å²) >= 11 is 0. The summed E-state index contributed by atoms with van der Waals surface area (Å²) in [5.74, 6) is 1.21. The van der Waals surface area contributed by atoms with E-state index in [-0.39, 0.29) is 17.9 Å². The molecule has 3 aromatic rings. The fourth-order valence-electron chi connectivity index (χ4n) is 4.90. The van der Waals surface area contributed by atoms with Crippen LogP contribution in [0.1, 0.15) is 39.9 Å². The van der Waals surface area contributed by atoms with Crippen molar-refractivity contribution in [2.75, 3.05) is 19.5 Å². The largest absolute Gasteiger partial charge is 0.496 e. The summed E-state index contributed by atoms with van der Waals surface area (Å²) in [5.41, 5.74) is 4.01. The third-order valence-corrected chi connectivity index (χ3v) is 6.25. The monoisotopic (exact) mass is 385 g/mol. The van der Waals surface area contributed by atoms with Crippen LogP contribution in [-0.4, -0.2) is 20.2 Å². The third kappa shape index (κ3) is 2.79. The zero-order valence-electron chi connectivity index (χ0n) is 16.5. The number of benzene rings is 3. The first kappa shape index (κ1) is 17.8. The maximum Gasteiger partial charge on any atom is 0.337 e. The van der Waals surface area contributed by atoms with E-state index < -0.39 is 0 Å². The number of rotatable bonds is 3. The van der Waals surface area contributed by atoms with E-state index in [9.17, 15) is 4.79 Å². The third-order valence-electron chi connectivity index (χ3n) is 6.25. The Morgan fingerprint density at radius 1 is 1.07 bits per heavy atom. The second-order valence-corrected chi connectivity index (χ2v) is 7.67. The summed E-state index contributed by atoms with van der Waals surface area (Å²) in [6, 6.07) is 18.5. The molecule has 5 rings (SSSR count). The standard InChI is InChI=1S/C25H23NO3/c1-28-22-13-11-15-6-3-4-7-17(15)23(22)24-19-9-5-8-18(19)20-14-16(25(27)29-2)10-12-21(20)26-24/h3-8,10-14,18-19,24,26H,9H2,1-2H3. The van der Waals surface area contributed by atoms with Crippen molar-refractivity contribution in [1.82, 2.24) is 0 Å². The van der Waals surface area contributed by atoms with Gasteiger partial charge in [0.05, 0.1) is 25.8 Å². The molecular weight excluding hydrogens is 362 g/mol. The number of carbonyl (C=O) groups excluding carboxylic acids is 1. The van der Waals surface area contributed by atoms with E-state index in [4.69, 9.17) is 9.47 Å². The van der Waals surface area contributed by atoms with E-state index in [1.807, 2.05) is 18.2 Å². The molecule has 3 unspecified atom stereocenters. The molecule has 146 valence electrons. The smallest absolute Gasteiger partial charge is 0.337 e. The lowest BCUT2D eigenvalue weighted by Crippen LogP contribution is -2.29. The van der Waals surface area contributed by atoms with Gasteiger partial charge >= 0.3 is 5.97 Å². The number of esters is 1. The molecule has 3 aromatic carbocycles. The Balaban J connectivity index is 1.66. The Labute approximate surface area is 170 Å². The maximum absolute atomic E-state index is 12.0. The van der Waals surface area contributed by atoms with Crippen LogP contribution in [0.15, 0.2) is 66.7 Å². The van der Waals surface area contributed by atoms with Crippen LogP contribution in [0.25, 0.3) is 10.8 Å². The van der Waals surface area contributed by atoms with Gasteiger partial charge in [-0.05, 0) is 52.9 Å². The minimum atomic E-state index is -0.302. The molecule has 1 heterocycles. The van der Waals surface area contributed by atoms with Crippen LogP contribution < -0.4 is 10.1 Å². The Morgan fingerprint density at radius 3 is 2.76 bits per heavy atom. The molecule has 2 aliphatic rings. The van der Waals surface area contributed by atoms with Gasteiger partial charge in [0.15, 0.2) is 0 Å². The van der Waals surface area contributed by atoms with Gasteiger partial charge in [0, 0.05) is 17.2 Å². The summed E-state index contributed by atoms with van der Waals surface area (Å²) in [7, 11) is 3.15. The summed E-state index contributed by atoms with van der Waals surface area (Å²) in [5, 5.41) is 6.18. The molecule has 1 N–H and O–H groups in total. The lowest BCUT2D eigenvalue weighted by atomic mass is 9.75. The van der Waals surface area contributed by atoms with Crippen LogP contribution in [0, 0.1) is 5.92 Å². The van der Waals surface area contributed by atoms with Crippen LogP contribution in [0.5, 0.6) is 5.75 Å². The zero-order chi connectivity index (χ0) is 20.0. The Bertz CT molecular complexity index is 1130. The van der Waals surface area contributed by atoms with Crippen LogP contribution in [-0.2, 0) is 4.74 Å². The number of fused-ring (bicyclic) bond motifs is 4. The van der Waals surface area contributed by atoms with Gasteiger partial charge < -0.3 is 14.8 Å². The van der Waals surface area contributed by atoms with Crippen molar-refractivity contribution in [2.24, 2.45) is 5.92 Å². The number of allylic oxidation sites excluding steroid dienone is 2. The van der Waals surface area contributed by atoms with E-state index in [1.165, 1.54) is 23.4 Å². The first-order valence-corrected chi connectivity index (χ1v) is 9.92. The van der Waals surface area contributed by atoms with Gasteiger partial charge in [0.1, 0.15) is 5.75 Å². The van der Waals surface area contributed by atoms with Crippen LogP contribution in [0.2, 0.25) is 0 Å². The van der Waals surface area contributed by atoms with Gasteiger partial charge in [0.2, 0.25) is 0 Å². The van der Waals surface area contributed by atoms with Crippen molar-refractivity contribution in [3.8, 4) is 5.75 Å². The van der Waals surface area contributed by atoms with Gasteiger partial charge in [-0.25, -0.2) is 4.79 Å². The van der Waals surface area contributed by atoms with Gasteiger partial charge in [-0.1, -0.05) is 42.5 Å². The molecule has 1 aliphatic heterocycles. The summed E-state index contributed by atoms with van der Waals surface area (Å²) < 4.78 is 10.7. The fourth-order valence-corrected chi connectivity index (χ4v) is 4.90. The quantitative estimate of drug-likeness (QED) is 0.480. The van der Waals surface area contributed by atoms with Crippen LogP contribution in [0.4, 0.5) is 5.69 Å². The lowest BCUT2D eigenvalue weighted by Gasteiger charge is -2.38. The van der Waals surface area contributed by atoms with Gasteiger partial charge in [-0.3, -0.25) is 0 Å². The predicted molar refractivity (Wildman–Crippen MR) is 115 cm³/mol. The van der Waals surface area contributed by atoms with Gasteiger partial charge in [-0.15, -0.1) is 0 Å². The summed E-state index contributed by atoms with van der Waals surface area (Å²) in [4.78, 5) is 12.0. The molecule has 0 saturated carbocycles. The van der Waals surface area contributed by atoms with E-state index in [0.717, 1.165) is 23.4 Å². The summed E-state index contributed by atoms with van der Waals surface area (Å²) in [6.07, 6.45) is 5.51. The molecule has 0 radical (unpaired) electrons. The first-order chi connectivity index (χ1) is 14.2. The minimum Gasteiger partial charge on any atom is -0.496 e. The second-order valence-electron chi connectivity index (χ2n) is 7.67. The Kier molecular flexibility index (Phi) is 4.27. The zero-order valence-corrected chi connectivity index (χ0v) is 16.5. The van der Waals surface area contributed by atoms with E-state index >= 15 is 0 Å². The van der Waals surface area contributed by atoms with Crippen molar-refractivity contribution in [1.29, 1.82) is 0 Å². The van der Waals surface area contributed by atoms with Crippen molar-refractivity contribution in [2.45, 2.75) is 18.4 Å². The van der Waals surface area contributed by atoms with E-state index in [2.05, 4.69) is 53.9 Å². The molecule has 0 aromatic heterocycles. The molecule has 29 heavy (non-hydrogen) atoms. The average Bonchev–Trinajstić information content (AvgIpc) is 3.27. The molecule has 0 spiro atoms. The topological polar surface area (TPSA) is 47.6 Å². The summed E-state index contributed by atoms with van der Waals surface area (Å²) in [6.45, 7) is 0. The second kappa shape index (κ2) is 6.96. The molecule has 3 atom stereocenters. The van der Waals surface area contributed by atoms with Gasteiger partial charge in [-0.2, -0.15) is 0 Å². The van der Waals surface area contributed by atoms with Crippen molar-refractivity contribution >= 4 is 22.4 Å². The van der Waals surface area contributed by atoms with Crippen LogP contribution >= 0.6 is 0 Å². The maximum atomic E-state index is 12.0. The number of hydrogen-bond donors (Lipinski definition) is 1. The minimum absolute atomic E-state index is 0.118. The molecule has 1 aliphatic carbocycles. The highest BCUT2D eigenvalue weighted by Crippen LogP contribution is 2.52. The lowest BCUT2D eigenvalue weighted by molar-refractivity contribution is 0.0600. The first-order valence-electron chi connectivity index (χ1n) is 9.92. The number of hydrogen-bond acceptors (Lipinski definition) is 4. The van der Waals surface area contributed by atoms with Crippen molar-refractivity contribution < 1.29 is 14.3 Å². The highest BCUT2D eigenvalue weighted by Gasteiger charge is 2.40. The molecule has 4 heteroatoms. The van der Waals surface area contributed by atoms with E-state index in [1.54, 1.807) is 7.11 Å². The van der Waals surface area contributed by atoms with Crippen molar-refractivity contribution in [3.63, 3.8) is 0 Å². The average molecular weight is 385 g/mol. The molecule has 0 saturated heterocycles. The van der Waals surface area contributed by atoms with Gasteiger partial charge in [0.25, 0.3) is 0 Å². The Morgan fingerprint density at radius 2 is 1.93 bits per heavy atom. The van der Waals surface area contributed by atoms with E-state index in [0.29, 0.717) is 11.5 Å². The molecular formula is C25H23NO3. The number of methoxy groups -OCH3 is 2. The van der Waals surface area contributed by atoms with Crippen LogP contribution in [0.3, 0.4) is 0 Å². The fraction of sp³-hybridized carbons (Fsp3) is 0.240.